The zero-order valence-corrected chi connectivity index (χ0v) is 13.0. The predicted molar refractivity (Wildman–Crippen MR) is 84.6 cm³/mol. The molecule has 2 aromatic rings. The molecule has 0 aliphatic carbocycles. The predicted octanol–water partition coefficient (Wildman–Crippen LogP) is 3.64. The molecule has 5 heteroatoms. The van der Waals surface area contributed by atoms with Crippen LogP contribution in [0.15, 0.2) is 46.9 Å². The lowest BCUT2D eigenvalue weighted by molar-refractivity contribution is -0.115. The third kappa shape index (κ3) is 3.92. The number of carboxylic acids is 1. The molecule has 1 amide bonds. The summed E-state index contributed by atoms with van der Waals surface area (Å²) < 4.78 is 0.939. The average Bonchev–Trinajstić information content (AvgIpc) is 2.42. The zero-order valence-electron chi connectivity index (χ0n) is 11.4. The molecule has 0 aromatic heterocycles. The van der Waals surface area contributed by atoms with Crippen molar-refractivity contribution >= 4 is 33.5 Å². The first-order valence-corrected chi connectivity index (χ1v) is 7.14. The maximum absolute atomic E-state index is 12.1. The summed E-state index contributed by atoms with van der Waals surface area (Å²) in [5.74, 6) is -1.27. The number of hydrogen-bond donors (Lipinski definition) is 2. The number of carboxylic acid groups (broad SMARTS) is 1. The van der Waals surface area contributed by atoms with Crippen LogP contribution in [-0.4, -0.2) is 17.0 Å². The maximum atomic E-state index is 12.1. The van der Waals surface area contributed by atoms with E-state index in [1.165, 1.54) is 6.07 Å². The number of anilines is 1. The number of benzene rings is 2. The van der Waals surface area contributed by atoms with Gasteiger partial charge in [-0.3, -0.25) is 4.79 Å². The molecule has 4 nitrogen and oxygen atoms in total. The molecule has 2 aromatic carbocycles. The van der Waals surface area contributed by atoms with E-state index >= 15 is 0 Å². The van der Waals surface area contributed by atoms with Crippen molar-refractivity contribution < 1.29 is 14.7 Å². The van der Waals surface area contributed by atoms with Gasteiger partial charge < -0.3 is 10.4 Å². The SMILES string of the molecule is Cc1cc(Br)ccc1NC(=O)Cc1ccccc1C(=O)O. The number of carbonyl (C=O) groups excluding carboxylic acids is 1. The normalized spacial score (nSPS) is 10.2. The summed E-state index contributed by atoms with van der Waals surface area (Å²) in [7, 11) is 0. The smallest absolute Gasteiger partial charge is 0.335 e. The van der Waals surface area contributed by atoms with Gasteiger partial charge in [0.2, 0.25) is 5.91 Å². The van der Waals surface area contributed by atoms with E-state index in [4.69, 9.17) is 5.11 Å². The Labute approximate surface area is 130 Å². The van der Waals surface area contributed by atoms with Gasteiger partial charge in [-0.15, -0.1) is 0 Å². The summed E-state index contributed by atoms with van der Waals surface area (Å²) in [5.41, 5.74) is 2.30. The summed E-state index contributed by atoms with van der Waals surface area (Å²) in [5, 5.41) is 11.9. The van der Waals surface area contributed by atoms with Gasteiger partial charge in [-0.2, -0.15) is 0 Å². The Morgan fingerprint density at radius 2 is 1.90 bits per heavy atom. The largest absolute Gasteiger partial charge is 0.478 e. The van der Waals surface area contributed by atoms with Gasteiger partial charge in [0.05, 0.1) is 12.0 Å². The van der Waals surface area contributed by atoms with Crippen LogP contribution in [0.1, 0.15) is 21.5 Å². The Balaban J connectivity index is 2.14. The van der Waals surface area contributed by atoms with Gasteiger partial charge in [-0.05, 0) is 42.3 Å². The Hall–Kier alpha value is -2.14. The third-order valence-corrected chi connectivity index (χ3v) is 3.55. The molecule has 0 fully saturated rings. The van der Waals surface area contributed by atoms with Crippen molar-refractivity contribution in [1.29, 1.82) is 0 Å². The van der Waals surface area contributed by atoms with E-state index in [-0.39, 0.29) is 17.9 Å². The van der Waals surface area contributed by atoms with E-state index in [0.717, 1.165) is 15.7 Å². The van der Waals surface area contributed by atoms with E-state index in [1.54, 1.807) is 24.3 Å². The monoisotopic (exact) mass is 347 g/mol. The Bertz CT molecular complexity index is 698. The molecule has 0 saturated carbocycles. The van der Waals surface area contributed by atoms with Crippen molar-refractivity contribution in [2.75, 3.05) is 5.32 Å². The van der Waals surface area contributed by atoms with Gasteiger partial charge in [-0.1, -0.05) is 34.1 Å². The van der Waals surface area contributed by atoms with Gasteiger partial charge in [0, 0.05) is 10.2 Å². The number of halogens is 1. The maximum Gasteiger partial charge on any atom is 0.335 e. The molecule has 0 aliphatic rings. The number of amides is 1. The van der Waals surface area contributed by atoms with E-state index in [9.17, 15) is 9.59 Å². The molecule has 0 aliphatic heterocycles. The fourth-order valence-corrected chi connectivity index (χ4v) is 2.49. The third-order valence-electron chi connectivity index (χ3n) is 3.06. The van der Waals surface area contributed by atoms with Gasteiger partial charge in [-0.25, -0.2) is 4.79 Å². The number of hydrogen-bond acceptors (Lipinski definition) is 2. The van der Waals surface area contributed by atoms with Crippen molar-refractivity contribution in [3.05, 3.63) is 63.6 Å². The summed E-state index contributed by atoms with van der Waals surface area (Å²) in [6.07, 6.45) is 0.0258. The van der Waals surface area contributed by atoms with Crippen LogP contribution in [0.3, 0.4) is 0 Å². The highest BCUT2D eigenvalue weighted by atomic mass is 79.9. The first-order valence-electron chi connectivity index (χ1n) is 6.34. The highest BCUT2D eigenvalue weighted by Gasteiger charge is 2.13. The van der Waals surface area contributed by atoms with Crippen LogP contribution in [0.4, 0.5) is 5.69 Å². The Kier molecular flexibility index (Phi) is 4.75. The fourth-order valence-electron chi connectivity index (χ4n) is 2.02. The second-order valence-corrected chi connectivity index (χ2v) is 5.56. The molecule has 108 valence electrons. The van der Waals surface area contributed by atoms with Crippen molar-refractivity contribution in [2.45, 2.75) is 13.3 Å². The van der Waals surface area contributed by atoms with Crippen molar-refractivity contribution in [2.24, 2.45) is 0 Å². The van der Waals surface area contributed by atoms with Crippen molar-refractivity contribution in [3.63, 3.8) is 0 Å². The zero-order chi connectivity index (χ0) is 15.4. The molecule has 2 rings (SSSR count). The van der Waals surface area contributed by atoms with Gasteiger partial charge in [0.15, 0.2) is 0 Å². The Morgan fingerprint density at radius 1 is 1.19 bits per heavy atom. The summed E-state index contributed by atoms with van der Waals surface area (Å²) in [6.45, 7) is 1.89. The summed E-state index contributed by atoms with van der Waals surface area (Å²) in [4.78, 5) is 23.2. The lowest BCUT2D eigenvalue weighted by atomic mass is 10.0. The standard InChI is InChI=1S/C16H14BrNO3/c1-10-8-12(17)6-7-14(10)18-15(19)9-11-4-2-3-5-13(11)16(20)21/h2-8H,9H2,1H3,(H,18,19)(H,20,21). The first-order chi connectivity index (χ1) is 9.97. The van der Waals surface area contributed by atoms with Crippen molar-refractivity contribution in [1.82, 2.24) is 0 Å². The number of carbonyl (C=O) groups is 2. The van der Waals surface area contributed by atoms with Crippen LogP contribution in [-0.2, 0) is 11.2 Å². The number of aromatic carboxylic acids is 1. The molecule has 0 heterocycles. The second kappa shape index (κ2) is 6.54. The highest BCUT2D eigenvalue weighted by Crippen LogP contribution is 2.20. The molecule has 0 atom stereocenters. The van der Waals surface area contributed by atoms with Crippen LogP contribution in [0.25, 0.3) is 0 Å². The molecular weight excluding hydrogens is 334 g/mol. The van der Waals surface area contributed by atoms with Crippen LogP contribution in [0, 0.1) is 6.92 Å². The van der Waals surface area contributed by atoms with E-state index in [1.807, 2.05) is 19.1 Å². The number of aryl methyl sites for hydroxylation is 1. The number of nitrogens with one attached hydrogen (secondary N) is 1. The molecule has 2 N–H and O–H groups in total. The quantitative estimate of drug-likeness (QED) is 0.887. The molecule has 0 unspecified atom stereocenters. The minimum atomic E-state index is -1.03. The molecule has 21 heavy (non-hydrogen) atoms. The minimum absolute atomic E-state index is 0.0258. The molecule has 0 spiro atoms. The second-order valence-electron chi connectivity index (χ2n) is 4.65. The minimum Gasteiger partial charge on any atom is -0.478 e. The molecule has 0 saturated heterocycles. The van der Waals surface area contributed by atoms with Crippen LogP contribution in [0.5, 0.6) is 0 Å². The van der Waals surface area contributed by atoms with E-state index in [2.05, 4.69) is 21.2 Å². The van der Waals surface area contributed by atoms with Gasteiger partial charge >= 0.3 is 5.97 Å². The molecule has 0 bridgehead atoms. The number of rotatable bonds is 4. The van der Waals surface area contributed by atoms with Crippen LogP contribution < -0.4 is 5.32 Å². The summed E-state index contributed by atoms with van der Waals surface area (Å²) >= 11 is 3.36. The Morgan fingerprint density at radius 3 is 2.57 bits per heavy atom. The van der Waals surface area contributed by atoms with Crippen LogP contribution >= 0.6 is 15.9 Å². The van der Waals surface area contributed by atoms with E-state index < -0.39 is 5.97 Å². The van der Waals surface area contributed by atoms with Crippen LogP contribution in [0.2, 0.25) is 0 Å². The lowest BCUT2D eigenvalue weighted by Crippen LogP contribution is -2.17. The molecular formula is C16H14BrNO3. The topological polar surface area (TPSA) is 66.4 Å². The average molecular weight is 348 g/mol. The first kappa shape index (κ1) is 15.3. The highest BCUT2D eigenvalue weighted by molar-refractivity contribution is 9.10. The van der Waals surface area contributed by atoms with Gasteiger partial charge in [0.1, 0.15) is 0 Å². The lowest BCUT2D eigenvalue weighted by Gasteiger charge is -2.10. The summed E-state index contributed by atoms with van der Waals surface area (Å²) in [6, 6.07) is 12.1. The van der Waals surface area contributed by atoms with Gasteiger partial charge in [0.25, 0.3) is 0 Å². The van der Waals surface area contributed by atoms with E-state index in [0.29, 0.717) is 5.56 Å². The van der Waals surface area contributed by atoms with Crippen molar-refractivity contribution in [3.8, 4) is 0 Å². The molecule has 0 radical (unpaired) electrons. The fraction of sp³-hybridized carbons (Fsp3) is 0.125.